The van der Waals surface area contributed by atoms with E-state index in [-0.39, 0.29) is 5.78 Å². The van der Waals surface area contributed by atoms with Crippen molar-refractivity contribution < 1.29 is 4.79 Å². The first kappa shape index (κ1) is 12.0. The summed E-state index contributed by atoms with van der Waals surface area (Å²) in [7, 11) is 0. The molecule has 0 aliphatic carbocycles. The predicted molar refractivity (Wildman–Crippen MR) is 69.5 cm³/mol. The third kappa shape index (κ3) is 3.00. The fraction of sp³-hybridized carbons (Fsp3) is 0.417. The molecule has 1 N–H and O–H groups in total. The minimum Gasteiger partial charge on any atom is -0.312 e. The molecule has 1 saturated heterocycles. The van der Waals surface area contributed by atoms with Gasteiger partial charge in [-0.3, -0.25) is 4.79 Å². The molecule has 0 amide bonds. The van der Waals surface area contributed by atoms with Crippen LogP contribution in [0.3, 0.4) is 0 Å². The van der Waals surface area contributed by atoms with Crippen molar-refractivity contribution in [2.24, 2.45) is 0 Å². The molecule has 0 radical (unpaired) electrons. The Morgan fingerprint density at radius 2 is 2.31 bits per heavy atom. The van der Waals surface area contributed by atoms with E-state index in [1.54, 1.807) is 12.1 Å². The number of rotatable bonds is 3. The molecule has 1 unspecified atom stereocenters. The Bertz CT molecular complexity index is 377. The summed E-state index contributed by atoms with van der Waals surface area (Å²) < 4.78 is 0. The van der Waals surface area contributed by atoms with Crippen LogP contribution in [0.15, 0.2) is 24.3 Å². The monoisotopic (exact) mass is 255 g/mol. The molecule has 2 rings (SSSR count). The van der Waals surface area contributed by atoms with Gasteiger partial charge in [0.15, 0.2) is 5.78 Å². The van der Waals surface area contributed by atoms with Crippen LogP contribution in [-0.4, -0.2) is 29.9 Å². The van der Waals surface area contributed by atoms with E-state index in [0.717, 1.165) is 18.1 Å². The Morgan fingerprint density at radius 3 is 3.00 bits per heavy atom. The van der Waals surface area contributed by atoms with E-state index in [1.165, 1.54) is 0 Å². The van der Waals surface area contributed by atoms with E-state index in [1.807, 2.05) is 23.9 Å². The van der Waals surface area contributed by atoms with Crippen LogP contribution in [0.4, 0.5) is 0 Å². The van der Waals surface area contributed by atoms with E-state index in [2.05, 4.69) is 5.32 Å². The predicted octanol–water partition coefficient (Wildman–Crippen LogP) is 2.62. The van der Waals surface area contributed by atoms with Crippen LogP contribution in [0.5, 0.6) is 0 Å². The fourth-order valence-corrected chi connectivity index (χ4v) is 2.96. The normalized spacial score (nSPS) is 20.7. The van der Waals surface area contributed by atoms with Crippen molar-refractivity contribution in [3.63, 3.8) is 0 Å². The highest BCUT2D eigenvalue weighted by Gasteiger charge is 2.18. The van der Waals surface area contributed by atoms with Gasteiger partial charge < -0.3 is 5.32 Å². The van der Waals surface area contributed by atoms with Gasteiger partial charge in [0.25, 0.3) is 0 Å². The summed E-state index contributed by atoms with van der Waals surface area (Å²) in [5, 5.41) is 3.91. The lowest BCUT2D eigenvalue weighted by Gasteiger charge is -2.22. The molecule has 1 fully saturated rings. The topological polar surface area (TPSA) is 29.1 Å². The zero-order valence-electron chi connectivity index (χ0n) is 8.91. The number of hydrogen-bond acceptors (Lipinski definition) is 3. The third-order valence-corrected chi connectivity index (χ3v) is 4.06. The number of halogens is 1. The maximum Gasteiger partial charge on any atom is 0.165 e. The molecule has 0 spiro atoms. The van der Waals surface area contributed by atoms with Gasteiger partial charge in [0.2, 0.25) is 0 Å². The second-order valence-electron chi connectivity index (χ2n) is 3.83. The quantitative estimate of drug-likeness (QED) is 0.842. The van der Waals surface area contributed by atoms with Gasteiger partial charge in [0, 0.05) is 36.1 Å². The van der Waals surface area contributed by atoms with E-state index in [4.69, 9.17) is 11.6 Å². The molecule has 0 bridgehead atoms. The lowest BCUT2D eigenvalue weighted by atomic mass is 10.0. The Labute approximate surface area is 105 Å². The van der Waals surface area contributed by atoms with Crippen LogP contribution < -0.4 is 5.32 Å². The first-order valence-electron chi connectivity index (χ1n) is 5.36. The minimum absolute atomic E-state index is 0.130. The zero-order chi connectivity index (χ0) is 11.4. The molecular formula is C12H14ClNOS. The average molecular weight is 256 g/mol. The van der Waals surface area contributed by atoms with Crippen LogP contribution in [0.2, 0.25) is 5.02 Å². The summed E-state index contributed by atoms with van der Waals surface area (Å²) in [5.74, 6) is 2.28. The van der Waals surface area contributed by atoms with Gasteiger partial charge >= 0.3 is 0 Å². The van der Waals surface area contributed by atoms with Gasteiger partial charge in [-0.15, -0.1) is 0 Å². The number of hydrogen-bond donors (Lipinski definition) is 1. The van der Waals surface area contributed by atoms with Crippen LogP contribution in [0, 0.1) is 0 Å². The molecule has 0 saturated carbocycles. The van der Waals surface area contributed by atoms with Crippen molar-refractivity contribution in [1.29, 1.82) is 0 Å². The molecule has 1 atom stereocenters. The number of Topliss-reactive ketones (excluding diaryl/α,β-unsaturated/α-hetero) is 1. The molecule has 1 aliphatic rings. The van der Waals surface area contributed by atoms with Crippen molar-refractivity contribution in [2.75, 3.05) is 18.1 Å². The Kier molecular flexibility index (Phi) is 4.27. The van der Waals surface area contributed by atoms with Crippen LogP contribution in [0.1, 0.15) is 16.8 Å². The molecule has 16 heavy (non-hydrogen) atoms. The van der Waals surface area contributed by atoms with Crippen molar-refractivity contribution in [1.82, 2.24) is 5.32 Å². The van der Waals surface area contributed by atoms with Gasteiger partial charge in [-0.2, -0.15) is 11.8 Å². The van der Waals surface area contributed by atoms with Gasteiger partial charge in [-0.05, 0) is 12.1 Å². The summed E-state index contributed by atoms with van der Waals surface area (Å²) in [5.41, 5.74) is 0.640. The number of ketones is 1. The first-order valence-corrected chi connectivity index (χ1v) is 6.89. The highest BCUT2D eigenvalue weighted by molar-refractivity contribution is 7.99. The second-order valence-corrected chi connectivity index (χ2v) is 5.39. The minimum atomic E-state index is 0.130. The number of nitrogens with one attached hydrogen (secondary N) is 1. The highest BCUT2D eigenvalue weighted by atomic mass is 35.5. The molecule has 1 aromatic rings. The van der Waals surface area contributed by atoms with Crippen molar-refractivity contribution in [2.45, 2.75) is 12.5 Å². The molecule has 4 heteroatoms. The van der Waals surface area contributed by atoms with E-state index in [9.17, 15) is 4.79 Å². The van der Waals surface area contributed by atoms with E-state index < -0.39 is 0 Å². The van der Waals surface area contributed by atoms with Crippen molar-refractivity contribution in [3.05, 3.63) is 34.9 Å². The van der Waals surface area contributed by atoms with Gasteiger partial charge in [-0.25, -0.2) is 0 Å². The fourth-order valence-electron chi connectivity index (χ4n) is 1.77. The third-order valence-electron chi connectivity index (χ3n) is 2.60. The standard InChI is InChI=1S/C12H14ClNOS/c13-11-4-2-1-3-10(11)12(15)7-9-8-16-6-5-14-9/h1-4,9,14H,5-8H2. The lowest BCUT2D eigenvalue weighted by Crippen LogP contribution is -2.38. The summed E-state index contributed by atoms with van der Waals surface area (Å²) in [6.45, 7) is 0.991. The summed E-state index contributed by atoms with van der Waals surface area (Å²) in [6, 6.07) is 7.54. The van der Waals surface area contributed by atoms with Gasteiger partial charge in [-0.1, -0.05) is 23.7 Å². The summed E-state index contributed by atoms with van der Waals surface area (Å²) >= 11 is 7.89. The van der Waals surface area contributed by atoms with Crippen molar-refractivity contribution >= 4 is 29.1 Å². The summed E-state index contributed by atoms with van der Waals surface area (Å²) in [6.07, 6.45) is 0.538. The van der Waals surface area contributed by atoms with E-state index >= 15 is 0 Å². The zero-order valence-corrected chi connectivity index (χ0v) is 10.5. The largest absolute Gasteiger partial charge is 0.312 e. The maximum absolute atomic E-state index is 12.0. The molecule has 0 aromatic heterocycles. The number of carbonyl (C=O) groups excluding carboxylic acids is 1. The number of benzene rings is 1. The SMILES string of the molecule is O=C(CC1CSCCN1)c1ccccc1Cl. The van der Waals surface area contributed by atoms with Crippen LogP contribution in [0.25, 0.3) is 0 Å². The van der Waals surface area contributed by atoms with Crippen LogP contribution >= 0.6 is 23.4 Å². The van der Waals surface area contributed by atoms with Crippen molar-refractivity contribution in [3.8, 4) is 0 Å². The lowest BCUT2D eigenvalue weighted by molar-refractivity contribution is 0.0972. The Morgan fingerprint density at radius 1 is 1.50 bits per heavy atom. The number of carbonyl (C=O) groups is 1. The molecule has 1 aromatic carbocycles. The van der Waals surface area contributed by atoms with Crippen LogP contribution in [-0.2, 0) is 0 Å². The first-order chi connectivity index (χ1) is 7.77. The van der Waals surface area contributed by atoms with Gasteiger partial charge in [0.1, 0.15) is 0 Å². The van der Waals surface area contributed by atoms with E-state index in [0.29, 0.717) is 23.0 Å². The molecule has 2 nitrogen and oxygen atoms in total. The summed E-state index contributed by atoms with van der Waals surface area (Å²) in [4.78, 5) is 12.0. The smallest absolute Gasteiger partial charge is 0.165 e. The average Bonchev–Trinajstić information content (AvgIpc) is 2.31. The molecule has 86 valence electrons. The second kappa shape index (κ2) is 5.71. The Hall–Kier alpha value is -0.510. The highest BCUT2D eigenvalue weighted by Crippen LogP contribution is 2.19. The maximum atomic E-state index is 12.0. The Balaban J connectivity index is 2.00. The molecule has 1 heterocycles. The number of thioether (sulfide) groups is 1. The molecule has 1 aliphatic heterocycles. The van der Waals surface area contributed by atoms with Gasteiger partial charge in [0.05, 0.1) is 5.02 Å². The molecular weight excluding hydrogens is 242 g/mol.